The molecule has 5 aromatic carbocycles. The molecule has 0 radical (unpaired) electrons. The molecule has 1 heterocycles. The Bertz CT molecular complexity index is 2420. The zero-order valence-corrected chi connectivity index (χ0v) is 41.2. The number of halogens is 9. The molecule has 0 saturated heterocycles. The molecule has 0 aliphatic heterocycles. The molecule has 3 atom stereocenters. The molecule has 348 valence electrons. The Labute approximate surface area is 399 Å². The van der Waals surface area contributed by atoms with Crippen molar-refractivity contribution in [1.82, 2.24) is 4.98 Å². The van der Waals surface area contributed by atoms with E-state index in [0.29, 0.717) is 28.0 Å². The van der Waals surface area contributed by atoms with Gasteiger partial charge in [-0.05, 0) is 128 Å². The van der Waals surface area contributed by atoms with E-state index < -0.39 is 29.1 Å². The fourth-order valence-electron chi connectivity index (χ4n) is 6.56. The number of rotatable bonds is 5. The maximum atomic E-state index is 14.3. The number of nitrogens with two attached hydrogens (primary N) is 3. The number of hydrogen-bond donors (Lipinski definition) is 3. The average molecular weight is 1090 g/mol. The van der Waals surface area contributed by atoms with Gasteiger partial charge in [0.15, 0.2) is 5.42 Å². The maximum absolute atomic E-state index is 14.3. The molecule has 0 spiro atoms. The summed E-state index contributed by atoms with van der Waals surface area (Å²) >= 11 is 8.81. The van der Waals surface area contributed by atoms with Gasteiger partial charge in [-0.15, -0.1) is 0 Å². The number of aromatic nitrogens is 1. The highest BCUT2D eigenvalue weighted by Crippen LogP contribution is 2.49. The van der Waals surface area contributed by atoms with E-state index in [-0.39, 0.29) is 30.5 Å². The van der Waals surface area contributed by atoms with E-state index in [4.69, 9.17) is 21.6 Å². The van der Waals surface area contributed by atoms with Crippen LogP contribution in [0.1, 0.15) is 61.1 Å². The van der Waals surface area contributed by atoms with Gasteiger partial charge in [0.05, 0.1) is 5.41 Å². The Morgan fingerprint density at radius 1 is 0.562 bits per heavy atom. The number of nitrogen functional groups attached to an aromatic ring is 3. The molecule has 0 fully saturated rings. The normalized spacial score (nSPS) is 14.4. The molecule has 5 nitrogen and oxygen atoms in total. The molecule has 3 unspecified atom stereocenters. The lowest BCUT2D eigenvalue weighted by Gasteiger charge is -2.38. The predicted octanol–water partition coefficient (Wildman–Crippen LogP) is 14.0. The van der Waals surface area contributed by atoms with E-state index in [1.54, 1.807) is 56.3 Å². The monoisotopic (exact) mass is 1080 g/mol. The lowest BCUT2D eigenvalue weighted by molar-refractivity contribution is -0.194. The van der Waals surface area contributed by atoms with Crippen LogP contribution in [0.5, 0.6) is 0 Å². The molecule has 64 heavy (non-hydrogen) atoms. The van der Waals surface area contributed by atoms with Crippen molar-refractivity contribution in [3.8, 4) is 11.5 Å². The highest BCUT2D eigenvalue weighted by atomic mass is 79.9. The number of anilines is 3. The van der Waals surface area contributed by atoms with Gasteiger partial charge in [-0.2, -0.15) is 26.3 Å². The number of aryl methyl sites for hydroxylation is 3. The van der Waals surface area contributed by atoms with Gasteiger partial charge in [-0.3, -0.25) is 0 Å². The second kappa shape index (κ2) is 25.8. The van der Waals surface area contributed by atoms with Gasteiger partial charge in [0.1, 0.15) is 10.8 Å². The summed E-state index contributed by atoms with van der Waals surface area (Å²) in [6, 6.07) is 34.1. The van der Waals surface area contributed by atoms with Gasteiger partial charge >= 0.3 is 12.4 Å². The molecule has 6 aromatic rings. The first-order valence-electron chi connectivity index (χ1n) is 19.4. The largest absolute Gasteiger partial charge is 0.436 e. The van der Waals surface area contributed by atoms with Crippen LogP contribution in [0.25, 0.3) is 23.6 Å². The van der Waals surface area contributed by atoms with E-state index in [0.717, 1.165) is 27.9 Å². The fourth-order valence-corrected chi connectivity index (χ4v) is 6.56. The van der Waals surface area contributed by atoms with Crippen molar-refractivity contribution in [3.63, 3.8) is 0 Å². The van der Waals surface area contributed by atoms with Gasteiger partial charge in [0.2, 0.25) is 5.89 Å². The fraction of sp³-hybridized carbons (Fsp3) is 0.300. The molecule has 7 rings (SSSR count). The number of alkyl halides is 9. The predicted molar refractivity (Wildman–Crippen MR) is 269 cm³/mol. The Hall–Kier alpha value is -4.53. The van der Waals surface area contributed by atoms with Crippen molar-refractivity contribution in [2.45, 2.75) is 71.6 Å². The summed E-state index contributed by atoms with van der Waals surface area (Å²) < 4.78 is 89.8. The van der Waals surface area contributed by atoms with Gasteiger partial charge in [0.25, 0.3) is 0 Å². The third-order valence-corrected chi connectivity index (χ3v) is 10.8. The van der Waals surface area contributed by atoms with Gasteiger partial charge in [-0.1, -0.05) is 152 Å². The zero-order valence-electron chi connectivity index (χ0n) is 36.5. The average Bonchev–Trinajstić information content (AvgIpc) is 3.72. The lowest BCUT2D eigenvalue weighted by Crippen LogP contribution is -2.47. The van der Waals surface area contributed by atoms with Crippen LogP contribution in [0.15, 0.2) is 126 Å². The quantitative estimate of drug-likeness (QED) is 0.0906. The molecule has 0 bridgehead atoms. The Balaban J connectivity index is 0.000000506. The van der Waals surface area contributed by atoms with Crippen molar-refractivity contribution in [2.24, 2.45) is 5.92 Å². The van der Waals surface area contributed by atoms with E-state index >= 15 is 0 Å². The van der Waals surface area contributed by atoms with Crippen LogP contribution in [0, 0.1) is 26.7 Å². The van der Waals surface area contributed by atoms with Crippen LogP contribution in [0.2, 0.25) is 0 Å². The summed E-state index contributed by atoms with van der Waals surface area (Å²) in [6.45, 7) is 7.95. The summed E-state index contributed by atoms with van der Waals surface area (Å²) in [5.41, 5.74) is 18.9. The van der Waals surface area contributed by atoms with Gasteiger partial charge < -0.3 is 21.6 Å². The summed E-state index contributed by atoms with van der Waals surface area (Å²) in [4.78, 5) is 4.44. The molecular formula is C50H59Br3F6N4O. The third-order valence-electron chi connectivity index (χ3n) is 10.8. The van der Waals surface area contributed by atoms with Gasteiger partial charge in [0, 0.05) is 28.5 Å². The van der Waals surface area contributed by atoms with Crippen molar-refractivity contribution >= 4 is 77.0 Å². The maximum Gasteiger partial charge on any atom is 0.402 e. The molecular weight excluding hydrogens is 1030 g/mol. The van der Waals surface area contributed by atoms with Crippen molar-refractivity contribution in [2.75, 3.05) is 34.7 Å². The Morgan fingerprint density at radius 3 is 1.47 bits per heavy atom. The number of oxazole rings is 1. The number of fused-ring (bicyclic) bond motifs is 1. The Morgan fingerprint density at radius 2 is 1.02 bits per heavy atom. The van der Waals surface area contributed by atoms with Crippen molar-refractivity contribution in [3.05, 3.63) is 165 Å². The SMILES string of the molecule is C.CBr.CBr.CBr.Cc1ccc(C(C)(C2C=c3oc(-c4ccccc4)nc3=CC2)C(F)(F)F)cc1N.Cc1ccc(C(C)(c2ccccc2)C(F)(F)F)cc1N.Cc1ccccc1N. The van der Waals surface area contributed by atoms with Crippen LogP contribution in [0.4, 0.5) is 43.4 Å². The molecule has 14 heteroatoms. The first kappa shape index (κ1) is 57.5. The van der Waals surface area contributed by atoms with Crippen LogP contribution < -0.4 is 28.0 Å². The standard InChI is InChI=1S/C23H21F3N2O.C16H16F3N.C7H9N.3CH3Br.CH4/c1-14-8-9-16(12-18(14)27)22(2,23(24,25)26)17-10-11-19-20(13-17)29-21(28-19)15-6-4-3-5-7-15;1-11-8-9-13(10-14(11)20)15(2,16(17,18)19)12-6-4-3-5-7-12;1-6-4-2-3-5-7(6)8;3*1-2;/h3-9,11-13,17H,10,27H2,1-2H3;3-10H,20H2,1-2H3;2-5H,8H2,1H3;3*1H3;1H4. The zero-order chi connectivity index (χ0) is 47.8. The molecule has 6 N–H and O–H groups in total. The second-order valence-electron chi connectivity index (χ2n) is 14.5. The van der Waals surface area contributed by atoms with E-state index in [9.17, 15) is 26.3 Å². The highest BCUT2D eigenvalue weighted by Gasteiger charge is 2.56. The summed E-state index contributed by atoms with van der Waals surface area (Å²) in [5, 5.41) is 0.577. The van der Waals surface area contributed by atoms with Crippen LogP contribution in [-0.2, 0) is 10.8 Å². The number of para-hydroxylation sites is 1. The molecule has 1 aliphatic rings. The van der Waals surface area contributed by atoms with Crippen LogP contribution in [-0.4, -0.2) is 34.8 Å². The summed E-state index contributed by atoms with van der Waals surface area (Å²) in [5.74, 6) is 5.00. The minimum atomic E-state index is -4.47. The molecule has 1 aliphatic carbocycles. The first-order valence-corrected chi connectivity index (χ1v) is 24.1. The van der Waals surface area contributed by atoms with Crippen molar-refractivity contribution in [1.29, 1.82) is 0 Å². The minimum absolute atomic E-state index is 0. The number of hydrogen-bond acceptors (Lipinski definition) is 5. The lowest BCUT2D eigenvalue weighted by atomic mass is 9.68. The summed E-state index contributed by atoms with van der Waals surface area (Å²) in [7, 11) is 0. The second-order valence-corrected chi connectivity index (χ2v) is 14.5. The minimum Gasteiger partial charge on any atom is -0.436 e. The van der Waals surface area contributed by atoms with E-state index in [1.165, 1.54) is 50.2 Å². The van der Waals surface area contributed by atoms with E-state index in [1.807, 2.05) is 79.0 Å². The Kier molecular flexibility index (Phi) is 23.2. The third kappa shape index (κ3) is 13.7. The number of benzene rings is 5. The first-order chi connectivity index (χ1) is 29.8. The topological polar surface area (TPSA) is 104 Å². The smallest absolute Gasteiger partial charge is 0.402 e. The number of nitrogens with zero attached hydrogens (tertiary/aromatic N) is 1. The summed E-state index contributed by atoms with van der Waals surface area (Å²) in [6.07, 6.45) is -5.40. The highest BCUT2D eigenvalue weighted by molar-refractivity contribution is 9.09. The molecule has 1 aromatic heterocycles. The van der Waals surface area contributed by atoms with Crippen LogP contribution >= 0.6 is 47.8 Å². The molecule has 0 amide bonds. The van der Waals surface area contributed by atoms with Crippen LogP contribution in [0.3, 0.4) is 0 Å². The van der Waals surface area contributed by atoms with E-state index in [2.05, 4.69) is 52.8 Å². The molecule has 0 saturated carbocycles. The van der Waals surface area contributed by atoms with Gasteiger partial charge in [-0.25, -0.2) is 4.98 Å². The van der Waals surface area contributed by atoms with Crippen molar-refractivity contribution < 1.29 is 30.8 Å².